The highest BCUT2D eigenvalue weighted by Gasteiger charge is 2.42. The lowest BCUT2D eigenvalue weighted by molar-refractivity contribution is -0.143. The Kier molecular flexibility index (Phi) is 4.78. The zero-order chi connectivity index (χ0) is 12.2. The van der Waals surface area contributed by atoms with Gasteiger partial charge in [0.25, 0.3) is 0 Å². The maximum absolute atomic E-state index is 11.6. The minimum absolute atomic E-state index is 0.0422. The zero-order valence-electron chi connectivity index (χ0n) is 11.0. The summed E-state index contributed by atoms with van der Waals surface area (Å²) in [6, 6.07) is 0. The van der Waals surface area contributed by atoms with E-state index >= 15 is 0 Å². The van der Waals surface area contributed by atoms with Crippen molar-refractivity contribution in [3.8, 4) is 0 Å². The average molecular weight is 227 g/mol. The fourth-order valence-corrected chi connectivity index (χ4v) is 3.00. The lowest BCUT2D eigenvalue weighted by Crippen LogP contribution is -2.55. The minimum Gasteiger partial charge on any atom is -0.469 e. The van der Waals surface area contributed by atoms with E-state index in [-0.39, 0.29) is 11.5 Å². The van der Waals surface area contributed by atoms with Crippen LogP contribution in [-0.4, -0.2) is 25.2 Å². The van der Waals surface area contributed by atoms with Gasteiger partial charge in [-0.2, -0.15) is 0 Å². The molecule has 0 aromatic rings. The molecule has 0 bridgehead atoms. The van der Waals surface area contributed by atoms with Gasteiger partial charge in [-0.3, -0.25) is 4.79 Å². The molecule has 16 heavy (non-hydrogen) atoms. The summed E-state index contributed by atoms with van der Waals surface area (Å²) >= 11 is 0. The third-order valence-corrected chi connectivity index (χ3v) is 4.22. The van der Waals surface area contributed by atoms with Crippen LogP contribution in [0.15, 0.2) is 0 Å². The molecular weight excluding hydrogens is 202 g/mol. The highest BCUT2D eigenvalue weighted by molar-refractivity contribution is 5.70. The molecular formula is C13H25NO2. The number of nitrogens with one attached hydrogen (secondary N) is 1. The van der Waals surface area contributed by atoms with Crippen LogP contribution in [-0.2, 0) is 9.53 Å². The molecule has 1 rings (SSSR count). The van der Waals surface area contributed by atoms with E-state index in [2.05, 4.69) is 26.1 Å². The highest BCUT2D eigenvalue weighted by Crippen LogP contribution is 2.39. The van der Waals surface area contributed by atoms with Crippen LogP contribution < -0.4 is 5.32 Å². The van der Waals surface area contributed by atoms with Crippen LogP contribution in [0.3, 0.4) is 0 Å². The summed E-state index contributed by atoms with van der Waals surface area (Å²) in [4.78, 5) is 11.6. The number of hydrogen-bond donors (Lipinski definition) is 1. The van der Waals surface area contributed by atoms with Crippen LogP contribution in [0.2, 0.25) is 0 Å². The second-order valence-corrected chi connectivity index (χ2v) is 5.10. The van der Waals surface area contributed by atoms with Gasteiger partial charge in [-0.15, -0.1) is 0 Å². The fourth-order valence-electron chi connectivity index (χ4n) is 3.00. The Morgan fingerprint density at radius 1 is 1.50 bits per heavy atom. The molecule has 1 saturated carbocycles. The zero-order valence-corrected chi connectivity index (χ0v) is 11.0. The summed E-state index contributed by atoms with van der Waals surface area (Å²) in [7, 11) is 1.47. The predicted molar refractivity (Wildman–Crippen MR) is 65.2 cm³/mol. The van der Waals surface area contributed by atoms with Crippen molar-refractivity contribution in [3.63, 3.8) is 0 Å². The highest BCUT2D eigenvalue weighted by atomic mass is 16.5. The van der Waals surface area contributed by atoms with Gasteiger partial charge in [-0.05, 0) is 24.8 Å². The minimum atomic E-state index is -0.0955. The molecule has 0 radical (unpaired) electrons. The summed E-state index contributed by atoms with van der Waals surface area (Å²) in [6.07, 6.45) is 4.06. The maximum atomic E-state index is 11.6. The number of ether oxygens (including phenoxy) is 1. The molecule has 0 aromatic carbocycles. The van der Waals surface area contributed by atoms with Gasteiger partial charge >= 0.3 is 5.97 Å². The van der Waals surface area contributed by atoms with Crippen molar-refractivity contribution in [1.29, 1.82) is 0 Å². The summed E-state index contributed by atoms with van der Waals surface area (Å²) in [5, 5.41) is 3.54. The van der Waals surface area contributed by atoms with Gasteiger partial charge in [0.1, 0.15) is 0 Å². The molecule has 1 fully saturated rings. The van der Waals surface area contributed by atoms with Crippen LogP contribution in [0.5, 0.6) is 0 Å². The summed E-state index contributed by atoms with van der Waals surface area (Å²) in [5.74, 6) is 1.11. The van der Waals surface area contributed by atoms with Crippen molar-refractivity contribution in [1.82, 2.24) is 5.32 Å². The van der Waals surface area contributed by atoms with Gasteiger partial charge in [0.2, 0.25) is 0 Å². The number of esters is 1. The van der Waals surface area contributed by atoms with E-state index in [9.17, 15) is 4.79 Å². The average Bonchev–Trinajstić information content (AvgIpc) is 2.26. The van der Waals surface area contributed by atoms with Crippen molar-refractivity contribution < 1.29 is 9.53 Å². The first-order chi connectivity index (χ1) is 7.55. The molecule has 94 valence electrons. The largest absolute Gasteiger partial charge is 0.469 e. The standard InChI is InChI=1S/C13H25NO2/c1-5-14-13(9-12(15)16-4)8-6-7-10(2)11(13)3/h10-11,14H,5-9H2,1-4H3. The topological polar surface area (TPSA) is 38.3 Å². The maximum Gasteiger partial charge on any atom is 0.307 e. The Bertz CT molecular complexity index is 238. The Balaban J connectivity index is 2.80. The van der Waals surface area contributed by atoms with E-state index in [4.69, 9.17) is 4.74 Å². The Morgan fingerprint density at radius 3 is 2.75 bits per heavy atom. The van der Waals surface area contributed by atoms with Gasteiger partial charge in [-0.1, -0.05) is 33.6 Å². The lowest BCUT2D eigenvalue weighted by Gasteiger charge is -2.46. The van der Waals surface area contributed by atoms with Crippen molar-refractivity contribution in [2.75, 3.05) is 13.7 Å². The number of carbonyl (C=O) groups is 1. The number of methoxy groups -OCH3 is 1. The Morgan fingerprint density at radius 2 is 2.19 bits per heavy atom. The molecule has 0 amide bonds. The molecule has 0 aromatic heterocycles. The summed E-state index contributed by atoms with van der Waals surface area (Å²) in [5.41, 5.74) is -0.0422. The van der Waals surface area contributed by atoms with Crippen molar-refractivity contribution in [2.45, 2.75) is 52.0 Å². The second-order valence-electron chi connectivity index (χ2n) is 5.10. The molecule has 3 unspecified atom stereocenters. The molecule has 3 heteroatoms. The van der Waals surface area contributed by atoms with E-state index in [1.54, 1.807) is 0 Å². The predicted octanol–water partition coefficient (Wildman–Crippen LogP) is 2.35. The summed E-state index contributed by atoms with van der Waals surface area (Å²) < 4.78 is 4.83. The number of rotatable bonds is 4. The molecule has 1 aliphatic carbocycles. The second kappa shape index (κ2) is 5.67. The lowest BCUT2D eigenvalue weighted by atomic mass is 9.67. The normalized spacial score (nSPS) is 34.8. The van der Waals surface area contributed by atoms with Gasteiger partial charge in [-0.25, -0.2) is 0 Å². The van der Waals surface area contributed by atoms with Crippen molar-refractivity contribution >= 4 is 5.97 Å². The van der Waals surface area contributed by atoms with Gasteiger partial charge < -0.3 is 10.1 Å². The van der Waals surface area contributed by atoms with E-state index in [0.717, 1.165) is 13.0 Å². The molecule has 1 aliphatic rings. The van der Waals surface area contributed by atoms with Crippen molar-refractivity contribution in [3.05, 3.63) is 0 Å². The van der Waals surface area contributed by atoms with E-state index in [1.165, 1.54) is 20.0 Å². The van der Waals surface area contributed by atoms with E-state index in [1.807, 2.05) is 0 Å². The fraction of sp³-hybridized carbons (Fsp3) is 0.923. The quantitative estimate of drug-likeness (QED) is 0.749. The van der Waals surface area contributed by atoms with Crippen molar-refractivity contribution in [2.24, 2.45) is 11.8 Å². The molecule has 0 aliphatic heterocycles. The molecule has 0 spiro atoms. The summed E-state index contributed by atoms with van der Waals surface area (Å²) in [6.45, 7) is 7.56. The van der Waals surface area contributed by atoms with E-state index < -0.39 is 0 Å². The smallest absolute Gasteiger partial charge is 0.307 e. The number of hydrogen-bond acceptors (Lipinski definition) is 3. The first kappa shape index (κ1) is 13.5. The van der Waals surface area contributed by atoms with Crippen LogP contribution >= 0.6 is 0 Å². The van der Waals surface area contributed by atoms with Crippen LogP contribution in [0, 0.1) is 11.8 Å². The van der Waals surface area contributed by atoms with E-state index in [0.29, 0.717) is 18.3 Å². The van der Waals surface area contributed by atoms with Gasteiger partial charge in [0.15, 0.2) is 0 Å². The Labute approximate surface area is 98.9 Å². The number of carbonyl (C=O) groups excluding carboxylic acids is 1. The van der Waals surface area contributed by atoms with Crippen LogP contribution in [0.25, 0.3) is 0 Å². The first-order valence-corrected chi connectivity index (χ1v) is 6.37. The van der Waals surface area contributed by atoms with Crippen LogP contribution in [0.4, 0.5) is 0 Å². The third-order valence-electron chi connectivity index (χ3n) is 4.22. The molecule has 0 heterocycles. The van der Waals surface area contributed by atoms with Gasteiger partial charge in [0.05, 0.1) is 13.5 Å². The molecule has 0 saturated heterocycles. The monoisotopic (exact) mass is 227 g/mol. The van der Waals surface area contributed by atoms with Gasteiger partial charge in [0, 0.05) is 5.54 Å². The van der Waals surface area contributed by atoms with Crippen LogP contribution in [0.1, 0.15) is 46.5 Å². The molecule has 1 N–H and O–H groups in total. The first-order valence-electron chi connectivity index (χ1n) is 6.37. The molecule has 3 atom stereocenters. The SMILES string of the molecule is CCNC1(CC(=O)OC)CCCC(C)C1C. The third kappa shape index (κ3) is 2.76. The molecule has 3 nitrogen and oxygen atoms in total. The Hall–Kier alpha value is -0.570.